The fraction of sp³-hybridized carbons (Fsp3) is 0.267. The van der Waals surface area contributed by atoms with Crippen LogP contribution in [0.15, 0.2) is 78.9 Å². The zero-order valence-corrected chi connectivity index (χ0v) is 18.6. The van der Waals surface area contributed by atoms with Crippen LogP contribution in [0.25, 0.3) is 33.0 Å². The summed E-state index contributed by atoms with van der Waals surface area (Å²) in [4.78, 5) is 0. The Balaban J connectivity index is 1.85. The molecule has 0 radical (unpaired) electrons. The summed E-state index contributed by atoms with van der Waals surface area (Å²) in [5.41, 5.74) is 7.57. The molecule has 0 amide bonds. The van der Waals surface area contributed by atoms with Gasteiger partial charge in [0.2, 0.25) is 0 Å². The number of fused-ring (bicyclic) bond motifs is 1. The van der Waals surface area contributed by atoms with Gasteiger partial charge in [-0.2, -0.15) is 0 Å². The molecule has 0 bridgehead atoms. The van der Waals surface area contributed by atoms with Crippen LogP contribution in [0, 0.1) is 5.82 Å². The molecule has 1 heteroatoms. The van der Waals surface area contributed by atoms with Crippen LogP contribution in [0.1, 0.15) is 50.7 Å². The monoisotopic (exact) mass is 410 g/mol. The maximum Gasteiger partial charge on any atom is 0.123 e. The number of benzene rings is 4. The molecule has 0 spiro atoms. The molecule has 158 valence electrons. The maximum absolute atomic E-state index is 13.7. The number of aryl methyl sites for hydroxylation is 2. The lowest BCUT2D eigenvalue weighted by Gasteiger charge is -2.19. The van der Waals surface area contributed by atoms with Gasteiger partial charge >= 0.3 is 0 Å². The lowest BCUT2D eigenvalue weighted by Crippen LogP contribution is -1.99. The van der Waals surface area contributed by atoms with E-state index in [0.717, 1.165) is 24.0 Å². The van der Waals surface area contributed by atoms with Crippen molar-refractivity contribution < 1.29 is 4.39 Å². The summed E-state index contributed by atoms with van der Waals surface area (Å²) < 4.78 is 13.7. The van der Waals surface area contributed by atoms with Crippen molar-refractivity contribution in [3.8, 4) is 22.3 Å². The predicted molar refractivity (Wildman–Crippen MR) is 132 cm³/mol. The molecule has 0 aromatic heterocycles. The number of hydrogen-bond donors (Lipinski definition) is 0. The first kappa shape index (κ1) is 21.3. The van der Waals surface area contributed by atoms with Crippen LogP contribution in [0.4, 0.5) is 4.39 Å². The molecule has 0 N–H and O–H groups in total. The molecule has 0 nitrogen and oxygen atoms in total. The van der Waals surface area contributed by atoms with Crippen molar-refractivity contribution in [3.05, 3.63) is 95.8 Å². The Kier molecular flexibility index (Phi) is 6.82. The van der Waals surface area contributed by atoms with Crippen LogP contribution in [-0.4, -0.2) is 0 Å². The fourth-order valence-corrected chi connectivity index (χ4v) is 4.52. The van der Waals surface area contributed by atoms with Gasteiger partial charge in [0.15, 0.2) is 0 Å². The first-order chi connectivity index (χ1) is 15.2. The summed E-state index contributed by atoms with van der Waals surface area (Å²) in [6, 6.07) is 26.7. The number of rotatable bonds is 8. The normalized spacial score (nSPS) is 11.2. The zero-order chi connectivity index (χ0) is 21.6. The topological polar surface area (TPSA) is 0 Å². The Morgan fingerprint density at radius 2 is 1.35 bits per heavy atom. The molecular formula is C30H31F. The predicted octanol–water partition coefficient (Wildman–Crippen LogP) is 9.00. The minimum atomic E-state index is -0.195. The number of halogens is 1. The van der Waals surface area contributed by atoms with Crippen LogP contribution < -0.4 is 0 Å². The van der Waals surface area contributed by atoms with Gasteiger partial charge in [-0.1, -0.05) is 93.4 Å². The summed E-state index contributed by atoms with van der Waals surface area (Å²) in [6.07, 6.45) is 6.95. The van der Waals surface area contributed by atoms with Crippen molar-refractivity contribution in [2.75, 3.05) is 0 Å². The molecule has 0 atom stereocenters. The third kappa shape index (κ3) is 4.71. The molecular weight excluding hydrogens is 379 g/mol. The quantitative estimate of drug-likeness (QED) is 0.272. The molecule has 0 unspecified atom stereocenters. The van der Waals surface area contributed by atoms with Crippen LogP contribution in [0.5, 0.6) is 0 Å². The highest BCUT2D eigenvalue weighted by Gasteiger charge is 2.15. The molecule has 0 saturated heterocycles. The molecule has 4 aromatic carbocycles. The van der Waals surface area contributed by atoms with E-state index in [1.807, 2.05) is 6.07 Å². The van der Waals surface area contributed by atoms with E-state index in [1.165, 1.54) is 64.8 Å². The van der Waals surface area contributed by atoms with E-state index in [1.54, 1.807) is 12.1 Å². The fourth-order valence-electron chi connectivity index (χ4n) is 4.52. The van der Waals surface area contributed by atoms with E-state index in [4.69, 9.17) is 0 Å². The van der Waals surface area contributed by atoms with Gasteiger partial charge in [0, 0.05) is 0 Å². The molecule has 4 rings (SSSR count). The van der Waals surface area contributed by atoms with Crippen LogP contribution in [0.3, 0.4) is 0 Å². The van der Waals surface area contributed by atoms with Crippen LogP contribution >= 0.6 is 0 Å². The van der Waals surface area contributed by atoms with Gasteiger partial charge in [-0.3, -0.25) is 0 Å². The first-order valence-electron chi connectivity index (χ1n) is 11.6. The highest BCUT2D eigenvalue weighted by molar-refractivity contribution is 5.94. The molecule has 0 aliphatic carbocycles. The highest BCUT2D eigenvalue weighted by Crippen LogP contribution is 2.37. The molecule has 31 heavy (non-hydrogen) atoms. The summed E-state index contributed by atoms with van der Waals surface area (Å²) in [7, 11) is 0. The lowest BCUT2D eigenvalue weighted by atomic mass is 9.85. The number of hydrogen-bond acceptors (Lipinski definition) is 0. The Bertz CT molecular complexity index is 1150. The van der Waals surface area contributed by atoms with E-state index in [-0.39, 0.29) is 5.82 Å². The van der Waals surface area contributed by atoms with Crippen molar-refractivity contribution in [2.24, 2.45) is 0 Å². The van der Waals surface area contributed by atoms with E-state index in [9.17, 15) is 4.39 Å². The minimum absolute atomic E-state index is 0.195. The second-order valence-electron chi connectivity index (χ2n) is 8.41. The average Bonchev–Trinajstić information content (AvgIpc) is 2.81. The summed E-state index contributed by atoms with van der Waals surface area (Å²) in [6.45, 7) is 4.52. The zero-order valence-electron chi connectivity index (χ0n) is 18.6. The standard InChI is InChI=1S/C30H31F/c1-3-5-10-26-20-25-11-7-8-15-28(25)29(14-6-4-2)30(26)23-18-16-22(17-19-23)24-12-9-13-27(31)21-24/h7-9,11-13,15-21H,3-6,10,14H2,1-2H3. The Morgan fingerprint density at radius 1 is 0.645 bits per heavy atom. The highest BCUT2D eigenvalue weighted by atomic mass is 19.1. The van der Waals surface area contributed by atoms with Gasteiger partial charge in [0.1, 0.15) is 5.82 Å². The van der Waals surface area contributed by atoms with Crippen molar-refractivity contribution in [2.45, 2.75) is 52.4 Å². The van der Waals surface area contributed by atoms with Crippen LogP contribution in [-0.2, 0) is 12.8 Å². The smallest absolute Gasteiger partial charge is 0.123 e. The molecule has 4 aromatic rings. The van der Waals surface area contributed by atoms with Gasteiger partial charge in [-0.15, -0.1) is 0 Å². The third-order valence-corrected chi connectivity index (χ3v) is 6.15. The van der Waals surface area contributed by atoms with Gasteiger partial charge in [-0.05, 0) is 82.0 Å². The maximum atomic E-state index is 13.7. The van der Waals surface area contributed by atoms with Crippen molar-refractivity contribution in [1.82, 2.24) is 0 Å². The Morgan fingerprint density at radius 3 is 2.10 bits per heavy atom. The van der Waals surface area contributed by atoms with Crippen molar-refractivity contribution in [1.29, 1.82) is 0 Å². The van der Waals surface area contributed by atoms with Crippen molar-refractivity contribution in [3.63, 3.8) is 0 Å². The SMILES string of the molecule is CCCCc1cc2ccccc2c(CCCC)c1-c1ccc(-c2cccc(F)c2)cc1. The largest absolute Gasteiger partial charge is 0.207 e. The van der Waals surface area contributed by atoms with E-state index < -0.39 is 0 Å². The van der Waals surface area contributed by atoms with E-state index >= 15 is 0 Å². The average molecular weight is 411 g/mol. The summed E-state index contributed by atoms with van der Waals surface area (Å²) in [5.74, 6) is -0.195. The third-order valence-electron chi connectivity index (χ3n) is 6.15. The Labute approximate surface area is 185 Å². The van der Waals surface area contributed by atoms with Crippen molar-refractivity contribution >= 4 is 10.8 Å². The summed E-state index contributed by atoms with van der Waals surface area (Å²) >= 11 is 0. The molecule has 0 aliphatic heterocycles. The van der Waals surface area contributed by atoms with Gasteiger partial charge in [-0.25, -0.2) is 4.39 Å². The first-order valence-corrected chi connectivity index (χ1v) is 11.6. The summed E-state index contributed by atoms with van der Waals surface area (Å²) in [5, 5.41) is 2.72. The molecule has 0 aliphatic rings. The second kappa shape index (κ2) is 9.92. The molecule has 0 heterocycles. The molecule has 0 saturated carbocycles. The van der Waals surface area contributed by atoms with Gasteiger partial charge < -0.3 is 0 Å². The van der Waals surface area contributed by atoms with Gasteiger partial charge in [0.25, 0.3) is 0 Å². The number of unbranched alkanes of at least 4 members (excludes halogenated alkanes) is 2. The Hall–Kier alpha value is -2.93. The van der Waals surface area contributed by atoms with E-state index in [0.29, 0.717) is 0 Å². The minimum Gasteiger partial charge on any atom is -0.207 e. The lowest BCUT2D eigenvalue weighted by molar-refractivity contribution is 0.628. The van der Waals surface area contributed by atoms with E-state index in [2.05, 4.69) is 68.4 Å². The molecule has 0 fully saturated rings. The van der Waals surface area contributed by atoms with Crippen LogP contribution in [0.2, 0.25) is 0 Å². The second-order valence-corrected chi connectivity index (χ2v) is 8.41. The van der Waals surface area contributed by atoms with Gasteiger partial charge in [0.05, 0.1) is 0 Å².